The summed E-state index contributed by atoms with van der Waals surface area (Å²) in [6.07, 6.45) is 9.15. The van der Waals surface area contributed by atoms with E-state index in [0.717, 1.165) is 23.7 Å². The second kappa shape index (κ2) is 3.40. The molecule has 0 heterocycles. The van der Waals surface area contributed by atoms with Crippen molar-refractivity contribution in [1.82, 2.24) is 0 Å². The van der Waals surface area contributed by atoms with E-state index in [-0.39, 0.29) is 0 Å². The molecule has 0 nitrogen and oxygen atoms in total. The van der Waals surface area contributed by atoms with Crippen molar-refractivity contribution in [2.24, 2.45) is 23.7 Å². The Balaban J connectivity index is 2.03. The van der Waals surface area contributed by atoms with Gasteiger partial charge in [-0.3, -0.25) is 0 Å². The first-order chi connectivity index (χ1) is 5.79. The summed E-state index contributed by atoms with van der Waals surface area (Å²) in [5.74, 6) is 4.24. The van der Waals surface area contributed by atoms with Crippen LogP contribution in [0.1, 0.15) is 52.4 Å². The van der Waals surface area contributed by atoms with Gasteiger partial charge in [0.1, 0.15) is 0 Å². The summed E-state index contributed by atoms with van der Waals surface area (Å²) < 4.78 is 0. The second-order valence-electron chi connectivity index (χ2n) is 5.12. The molecule has 0 spiro atoms. The van der Waals surface area contributed by atoms with E-state index < -0.39 is 0 Å². The molecular formula is C12H22. The molecular weight excluding hydrogens is 144 g/mol. The van der Waals surface area contributed by atoms with Crippen LogP contribution in [0.15, 0.2) is 0 Å². The molecule has 0 aliphatic heterocycles. The van der Waals surface area contributed by atoms with Crippen LogP contribution in [-0.4, -0.2) is 0 Å². The summed E-state index contributed by atoms with van der Waals surface area (Å²) in [5.41, 5.74) is 0. The van der Waals surface area contributed by atoms with Crippen LogP contribution in [0.2, 0.25) is 0 Å². The molecule has 2 rings (SSSR count). The van der Waals surface area contributed by atoms with E-state index in [9.17, 15) is 0 Å². The zero-order chi connectivity index (χ0) is 8.55. The molecule has 0 amide bonds. The minimum Gasteiger partial charge on any atom is -0.0622 e. The van der Waals surface area contributed by atoms with Gasteiger partial charge in [-0.25, -0.2) is 0 Å². The Morgan fingerprint density at radius 2 is 1.58 bits per heavy atom. The molecule has 0 radical (unpaired) electrons. The quantitative estimate of drug-likeness (QED) is 0.512. The van der Waals surface area contributed by atoms with Gasteiger partial charge in [0.2, 0.25) is 0 Å². The Labute approximate surface area is 76.7 Å². The molecule has 0 aromatic rings. The lowest BCUT2D eigenvalue weighted by molar-refractivity contribution is 0.0734. The predicted octanol–water partition coefficient (Wildman–Crippen LogP) is 3.86. The Hall–Kier alpha value is 0. The first-order valence-corrected chi connectivity index (χ1v) is 5.79. The van der Waals surface area contributed by atoms with E-state index in [1.54, 1.807) is 6.42 Å². The van der Waals surface area contributed by atoms with Crippen molar-refractivity contribution < 1.29 is 0 Å². The van der Waals surface area contributed by atoms with Gasteiger partial charge >= 0.3 is 0 Å². The third-order valence-electron chi connectivity index (χ3n) is 4.53. The van der Waals surface area contributed by atoms with E-state index in [4.69, 9.17) is 0 Å². The van der Waals surface area contributed by atoms with Gasteiger partial charge in [-0.2, -0.15) is 0 Å². The van der Waals surface area contributed by atoms with Gasteiger partial charge in [-0.05, 0) is 36.5 Å². The van der Waals surface area contributed by atoms with Crippen molar-refractivity contribution >= 4 is 0 Å². The highest BCUT2D eigenvalue weighted by Crippen LogP contribution is 2.45. The van der Waals surface area contributed by atoms with Gasteiger partial charge in [-0.15, -0.1) is 0 Å². The summed E-state index contributed by atoms with van der Waals surface area (Å²) in [6, 6.07) is 0. The molecule has 70 valence electrons. The summed E-state index contributed by atoms with van der Waals surface area (Å²) in [7, 11) is 0. The number of hydrogen-bond donors (Lipinski definition) is 0. The third kappa shape index (κ3) is 1.41. The average Bonchev–Trinajstić information content (AvgIpc) is 2.12. The lowest BCUT2D eigenvalue weighted by Gasteiger charge is -2.43. The Bertz CT molecular complexity index is 148. The number of rotatable bonds is 0. The van der Waals surface area contributed by atoms with Crippen molar-refractivity contribution in [2.75, 3.05) is 0 Å². The third-order valence-corrected chi connectivity index (χ3v) is 4.53. The first-order valence-electron chi connectivity index (χ1n) is 5.79. The molecule has 2 fully saturated rings. The summed E-state index contributed by atoms with van der Waals surface area (Å²) in [4.78, 5) is 0. The molecule has 2 aliphatic carbocycles. The molecule has 2 saturated carbocycles. The van der Waals surface area contributed by atoms with E-state index in [0.29, 0.717) is 0 Å². The van der Waals surface area contributed by atoms with Crippen LogP contribution < -0.4 is 0 Å². The van der Waals surface area contributed by atoms with Crippen molar-refractivity contribution in [3.63, 3.8) is 0 Å². The Morgan fingerprint density at radius 1 is 0.833 bits per heavy atom. The van der Waals surface area contributed by atoms with Crippen molar-refractivity contribution in [2.45, 2.75) is 52.4 Å². The minimum atomic E-state index is 1.00. The fourth-order valence-electron chi connectivity index (χ4n) is 3.45. The molecule has 0 aromatic heterocycles. The molecule has 0 saturated heterocycles. The van der Waals surface area contributed by atoms with Crippen LogP contribution in [0.3, 0.4) is 0 Å². The molecule has 2 aliphatic rings. The monoisotopic (exact) mass is 166 g/mol. The number of hydrogen-bond acceptors (Lipinski definition) is 0. The second-order valence-corrected chi connectivity index (χ2v) is 5.12. The predicted molar refractivity (Wildman–Crippen MR) is 53.0 cm³/mol. The highest BCUT2D eigenvalue weighted by molar-refractivity contribution is 4.85. The molecule has 12 heavy (non-hydrogen) atoms. The van der Waals surface area contributed by atoms with E-state index in [2.05, 4.69) is 13.8 Å². The number of fused-ring (bicyclic) bond motifs is 1. The molecule has 0 bridgehead atoms. The SMILES string of the molecule is C[C@@H]1[C@@H]2CCCC[C@@H]2CC[C@@H]1C. The summed E-state index contributed by atoms with van der Waals surface area (Å²) >= 11 is 0. The molecule has 0 unspecified atom stereocenters. The van der Waals surface area contributed by atoms with Gasteiger partial charge < -0.3 is 0 Å². The summed E-state index contributed by atoms with van der Waals surface area (Å²) in [5, 5.41) is 0. The normalized spacial score (nSPS) is 48.5. The standard InChI is InChI=1S/C12H22/c1-9-7-8-11-5-3-4-6-12(11)10(9)2/h9-12H,3-8H2,1-2H3/t9-,10-,11+,12-/m0/s1. The zero-order valence-electron chi connectivity index (χ0n) is 8.55. The Morgan fingerprint density at radius 3 is 2.42 bits per heavy atom. The van der Waals surface area contributed by atoms with Crippen LogP contribution in [0.4, 0.5) is 0 Å². The maximum Gasteiger partial charge on any atom is -0.0358 e. The van der Waals surface area contributed by atoms with Gasteiger partial charge in [0.15, 0.2) is 0 Å². The molecule has 4 atom stereocenters. The first kappa shape index (κ1) is 8.59. The van der Waals surface area contributed by atoms with Gasteiger partial charge in [0.05, 0.1) is 0 Å². The lowest BCUT2D eigenvalue weighted by atomic mass is 9.63. The maximum absolute atomic E-state index is 2.49. The molecule has 0 aromatic carbocycles. The zero-order valence-corrected chi connectivity index (χ0v) is 8.55. The molecule has 0 heteroatoms. The maximum atomic E-state index is 2.49. The van der Waals surface area contributed by atoms with Crippen molar-refractivity contribution in [3.8, 4) is 0 Å². The smallest absolute Gasteiger partial charge is 0.0358 e. The van der Waals surface area contributed by atoms with Gasteiger partial charge in [0.25, 0.3) is 0 Å². The van der Waals surface area contributed by atoms with Crippen molar-refractivity contribution in [3.05, 3.63) is 0 Å². The van der Waals surface area contributed by atoms with Crippen molar-refractivity contribution in [1.29, 1.82) is 0 Å². The summed E-state index contributed by atoms with van der Waals surface area (Å²) in [6.45, 7) is 4.95. The van der Waals surface area contributed by atoms with Crippen LogP contribution >= 0.6 is 0 Å². The average molecular weight is 166 g/mol. The Kier molecular flexibility index (Phi) is 2.43. The van der Waals surface area contributed by atoms with Crippen LogP contribution in [0, 0.1) is 23.7 Å². The largest absolute Gasteiger partial charge is 0.0622 e. The van der Waals surface area contributed by atoms with Crippen LogP contribution in [-0.2, 0) is 0 Å². The highest BCUT2D eigenvalue weighted by atomic mass is 14.4. The fourth-order valence-corrected chi connectivity index (χ4v) is 3.45. The van der Waals surface area contributed by atoms with Gasteiger partial charge in [0, 0.05) is 0 Å². The van der Waals surface area contributed by atoms with Crippen LogP contribution in [0.5, 0.6) is 0 Å². The van der Waals surface area contributed by atoms with E-state index >= 15 is 0 Å². The molecule has 0 N–H and O–H groups in total. The topological polar surface area (TPSA) is 0 Å². The van der Waals surface area contributed by atoms with E-state index in [1.807, 2.05) is 0 Å². The van der Waals surface area contributed by atoms with Crippen LogP contribution in [0.25, 0.3) is 0 Å². The van der Waals surface area contributed by atoms with Gasteiger partial charge in [-0.1, -0.05) is 39.5 Å². The lowest BCUT2D eigenvalue weighted by Crippen LogP contribution is -2.33. The highest BCUT2D eigenvalue weighted by Gasteiger charge is 2.35. The van der Waals surface area contributed by atoms with E-state index in [1.165, 1.54) is 32.1 Å². The minimum absolute atomic E-state index is 1.00. The fraction of sp³-hybridized carbons (Fsp3) is 1.00.